The average molecular weight is 453 g/mol. The van der Waals surface area contributed by atoms with Crippen LogP contribution in [-0.2, 0) is 6.42 Å². The third-order valence-corrected chi connectivity index (χ3v) is 7.13. The lowest BCUT2D eigenvalue weighted by molar-refractivity contribution is -0.199. The minimum Gasteiger partial charge on any atom is -0.489 e. The molecule has 0 unspecified atom stereocenters. The molecule has 1 aliphatic heterocycles. The predicted molar refractivity (Wildman–Crippen MR) is 117 cm³/mol. The van der Waals surface area contributed by atoms with Crippen LogP contribution in [-0.4, -0.2) is 29.5 Å². The van der Waals surface area contributed by atoms with Gasteiger partial charge >= 0.3 is 0 Å². The smallest absolute Gasteiger partial charge is 0.254 e. The van der Waals surface area contributed by atoms with E-state index in [9.17, 15) is 4.79 Å². The molecule has 2 aliphatic rings. The monoisotopic (exact) mass is 452 g/mol. The van der Waals surface area contributed by atoms with E-state index in [0.717, 1.165) is 34.3 Å². The maximum atomic E-state index is 13.3. The lowest BCUT2D eigenvalue weighted by Gasteiger charge is -2.66. The van der Waals surface area contributed by atoms with Crippen LogP contribution in [0.15, 0.2) is 46.9 Å². The first-order valence-electron chi connectivity index (χ1n) is 9.90. The molecular weight excluding hydrogens is 428 g/mol. The summed E-state index contributed by atoms with van der Waals surface area (Å²) in [5.74, 6) is 0.866. The van der Waals surface area contributed by atoms with Crippen LogP contribution in [0.1, 0.15) is 43.6 Å². The van der Waals surface area contributed by atoms with Crippen LogP contribution in [0.3, 0.4) is 0 Å². The van der Waals surface area contributed by atoms with Crippen molar-refractivity contribution in [1.29, 1.82) is 0 Å². The molecule has 0 saturated heterocycles. The van der Waals surface area contributed by atoms with Gasteiger partial charge in [0.05, 0.1) is 6.57 Å². The fourth-order valence-corrected chi connectivity index (χ4v) is 6.14. The first kappa shape index (κ1) is 20.0. The second-order valence-electron chi connectivity index (χ2n) is 9.17. The zero-order chi connectivity index (χ0) is 21.0. The van der Waals surface area contributed by atoms with Gasteiger partial charge in [-0.25, -0.2) is 4.85 Å². The molecule has 0 bridgehead atoms. The molecule has 0 N–H and O–H groups in total. The van der Waals surface area contributed by atoms with Gasteiger partial charge in [0.25, 0.3) is 5.91 Å². The van der Waals surface area contributed by atoms with Crippen molar-refractivity contribution >= 4 is 27.5 Å². The minimum atomic E-state index is -0.198. The van der Waals surface area contributed by atoms with Gasteiger partial charge in [-0.05, 0) is 30.2 Å². The van der Waals surface area contributed by atoms with Crippen molar-refractivity contribution in [2.75, 3.05) is 6.54 Å². The molecular formula is C24H25BrN2O2. The van der Waals surface area contributed by atoms with Crippen molar-refractivity contribution in [2.45, 2.75) is 46.3 Å². The molecule has 1 heterocycles. The van der Waals surface area contributed by atoms with Crippen LogP contribution in [0.2, 0.25) is 0 Å². The molecule has 29 heavy (non-hydrogen) atoms. The molecule has 0 atom stereocenters. The number of nitrogens with zero attached hydrogens (tertiary/aromatic N) is 2. The molecule has 4 nitrogen and oxygen atoms in total. The van der Waals surface area contributed by atoms with Crippen molar-refractivity contribution < 1.29 is 9.53 Å². The van der Waals surface area contributed by atoms with Gasteiger partial charge in [0, 0.05) is 33.5 Å². The summed E-state index contributed by atoms with van der Waals surface area (Å²) in [7, 11) is 0. The largest absolute Gasteiger partial charge is 0.489 e. The molecule has 1 saturated carbocycles. The highest BCUT2D eigenvalue weighted by Crippen LogP contribution is 2.58. The summed E-state index contributed by atoms with van der Waals surface area (Å²) in [5.41, 5.74) is 2.14. The van der Waals surface area contributed by atoms with Crippen molar-refractivity contribution in [3.63, 3.8) is 0 Å². The lowest BCUT2D eigenvalue weighted by atomic mass is 9.48. The Labute approximate surface area is 180 Å². The number of hydrogen-bond acceptors (Lipinski definition) is 2. The highest BCUT2D eigenvalue weighted by Gasteiger charge is 2.66. The van der Waals surface area contributed by atoms with Crippen LogP contribution >= 0.6 is 15.9 Å². The van der Waals surface area contributed by atoms with Gasteiger partial charge in [0.2, 0.25) is 5.69 Å². The van der Waals surface area contributed by atoms with E-state index in [0.29, 0.717) is 5.69 Å². The first-order chi connectivity index (χ1) is 13.7. The standard InChI is InChI=1S/C24H25BrN2O2/c1-23(2)21(27-13-12-15-8-6-7-9-17(15)20(27)28)24(3,4)22(23)29-16-10-11-19(26-5)18(25)14-16/h6-11,14,21-22H,12-13H2,1-4H3. The number of carbonyl (C=O) groups excluding carboxylic acids is 1. The maximum absolute atomic E-state index is 13.3. The lowest BCUT2D eigenvalue weighted by Crippen LogP contribution is -2.75. The van der Waals surface area contributed by atoms with Gasteiger partial charge in [0.1, 0.15) is 11.9 Å². The second kappa shape index (κ2) is 6.88. The van der Waals surface area contributed by atoms with E-state index in [1.165, 1.54) is 0 Å². The highest BCUT2D eigenvalue weighted by atomic mass is 79.9. The van der Waals surface area contributed by atoms with Crippen molar-refractivity contribution in [3.05, 3.63) is 69.5 Å². The summed E-state index contributed by atoms with van der Waals surface area (Å²) in [6.45, 7) is 16.7. The van der Waals surface area contributed by atoms with Gasteiger partial charge < -0.3 is 9.64 Å². The van der Waals surface area contributed by atoms with E-state index >= 15 is 0 Å². The van der Waals surface area contributed by atoms with Gasteiger partial charge in [-0.3, -0.25) is 4.79 Å². The Balaban J connectivity index is 1.60. The topological polar surface area (TPSA) is 33.9 Å². The Bertz CT molecular complexity index is 1010. The SMILES string of the molecule is [C-]#[N+]c1ccc(OC2C(C)(C)C(N3CCc4ccccc4C3=O)C2(C)C)cc1Br. The molecule has 2 aromatic rings. The second-order valence-corrected chi connectivity index (χ2v) is 10.0. The zero-order valence-electron chi connectivity index (χ0n) is 17.2. The average Bonchev–Trinajstić information content (AvgIpc) is 2.68. The van der Waals surface area contributed by atoms with Gasteiger partial charge in [0.15, 0.2) is 0 Å². The zero-order valence-corrected chi connectivity index (χ0v) is 18.8. The van der Waals surface area contributed by atoms with E-state index in [2.05, 4.69) is 59.4 Å². The molecule has 0 aromatic heterocycles. The number of hydrogen-bond donors (Lipinski definition) is 0. The molecule has 1 fully saturated rings. The molecule has 0 spiro atoms. The molecule has 1 aliphatic carbocycles. The fraction of sp³-hybridized carbons (Fsp3) is 0.417. The normalized spacial score (nSPS) is 24.3. The quantitative estimate of drug-likeness (QED) is 0.544. The summed E-state index contributed by atoms with van der Waals surface area (Å²) in [4.78, 5) is 18.8. The van der Waals surface area contributed by atoms with Crippen molar-refractivity contribution in [1.82, 2.24) is 4.90 Å². The van der Waals surface area contributed by atoms with Crippen molar-refractivity contribution in [3.8, 4) is 5.75 Å². The number of fused-ring (bicyclic) bond motifs is 1. The maximum Gasteiger partial charge on any atom is 0.254 e. The van der Waals surface area contributed by atoms with E-state index in [4.69, 9.17) is 11.3 Å². The summed E-state index contributed by atoms with van der Waals surface area (Å²) >= 11 is 3.45. The Hall–Kier alpha value is -2.32. The van der Waals surface area contributed by atoms with Gasteiger partial charge in [-0.15, -0.1) is 0 Å². The summed E-state index contributed by atoms with van der Waals surface area (Å²) < 4.78 is 7.15. The number of benzene rings is 2. The van der Waals surface area contributed by atoms with Crippen LogP contribution in [0.25, 0.3) is 4.85 Å². The van der Waals surface area contributed by atoms with Crippen molar-refractivity contribution in [2.24, 2.45) is 10.8 Å². The number of halogens is 1. The predicted octanol–water partition coefficient (Wildman–Crippen LogP) is 5.88. The fourth-order valence-electron chi connectivity index (χ4n) is 5.69. The summed E-state index contributed by atoms with van der Waals surface area (Å²) in [5, 5.41) is 0. The van der Waals surface area contributed by atoms with Gasteiger partial charge in [-0.1, -0.05) is 67.9 Å². The number of amides is 1. The highest BCUT2D eigenvalue weighted by molar-refractivity contribution is 9.10. The molecule has 150 valence electrons. The Kier molecular flexibility index (Phi) is 4.74. The number of carbonyl (C=O) groups is 1. The number of rotatable bonds is 3. The van der Waals surface area contributed by atoms with E-state index in [1.54, 1.807) is 6.07 Å². The van der Waals surface area contributed by atoms with Crippen LogP contribution in [0.4, 0.5) is 5.69 Å². The third-order valence-electron chi connectivity index (χ3n) is 6.50. The molecule has 0 radical (unpaired) electrons. The van der Waals surface area contributed by atoms with Crippen LogP contribution in [0.5, 0.6) is 5.75 Å². The molecule has 5 heteroatoms. The Morgan fingerprint density at radius 1 is 1.14 bits per heavy atom. The third kappa shape index (κ3) is 3.05. The summed E-state index contributed by atoms with van der Waals surface area (Å²) in [6.07, 6.45) is 0.844. The molecule has 1 amide bonds. The Morgan fingerprint density at radius 3 is 2.48 bits per heavy atom. The van der Waals surface area contributed by atoms with E-state index in [-0.39, 0.29) is 28.9 Å². The van der Waals surface area contributed by atoms with Crippen LogP contribution < -0.4 is 4.74 Å². The minimum absolute atomic E-state index is 0.0457. The molecule has 4 rings (SSSR count). The number of ether oxygens (including phenoxy) is 1. The van der Waals surface area contributed by atoms with Crippen LogP contribution in [0, 0.1) is 17.4 Å². The van der Waals surface area contributed by atoms with E-state index in [1.807, 2.05) is 30.3 Å². The first-order valence-corrected chi connectivity index (χ1v) is 10.7. The Morgan fingerprint density at radius 2 is 1.83 bits per heavy atom. The summed E-state index contributed by atoms with van der Waals surface area (Å²) in [6, 6.07) is 13.5. The molecule has 2 aromatic carbocycles. The van der Waals surface area contributed by atoms with Gasteiger partial charge in [-0.2, -0.15) is 0 Å². The van der Waals surface area contributed by atoms with E-state index < -0.39 is 0 Å².